The predicted molar refractivity (Wildman–Crippen MR) is 185 cm³/mol. The van der Waals surface area contributed by atoms with Gasteiger partial charge < -0.3 is 29.0 Å². The van der Waals surface area contributed by atoms with E-state index >= 15 is 0 Å². The second kappa shape index (κ2) is 12.3. The molecule has 7 heterocycles. The van der Waals surface area contributed by atoms with Crippen molar-refractivity contribution >= 4 is 22.7 Å². The lowest BCUT2D eigenvalue weighted by atomic mass is 9.98. The molecule has 5 aromatic rings. The van der Waals surface area contributed by atoms with Crippen molar-refractivity contribution < 1.29 is 9.84 Å². The second-order valence-electron chi connectivity index (χ2n) is 13.2. The Morgan fingerprint density at radius 3 is 2.62 bits per heavy atom. The molecule has 12 heteroatoms. The number of nitrogens with zero attached hydrogens (tertiary/aromatic N) is 7. The highest BCUT2D eigenvalue weighted by Crippen LogP contribution is 2.30. The highest BCUT2D eigenvalue weighted by atomic mass is 16.5. The zero-order valence-electron chi connectivity index (χ0n) is 27.3. The Kier molecular flexibility index (Phi) is 7.86. The molecule has 0 bridgehead atoms. The molecule has 3 aliphatic rings. The van der Waals surface area contributed by atoms with Crippen molar-refractivity contribution in [2.75, 3.05) is 43.1 Å². The molecule has 1 aliphatic carbocycles. The third-order valence-electron chi connectivity index (χ3n) is 10.2. The molecule has 1 atom stereocenters. The average molecular weight is 649 g/mol. The van der Waals surface area contributed by atoms with Gasteiger partial charge in [0.2, 0.25) is 0 Å². The molecule has 48 heavy (non-hydrogen) atoms. The molecule has 2 N–H and O–H groups in total. The predicted octanol–water partition coefficient (Wildman–Crippen LogP) is 3.27. The minimum absolute atomic E-state index is 0.187. The Labute approximate surface area is 277 Å². The summed E-state index contributed by atoms with van der Waals surface area (Å²) >= 11 is 0. The molecule has 0 spiro atoms. The van der Waals surface area contributed by atoms with Crippen LogP contribution in [0.15, 0.2) is 70.9 Å². The highest BCUT2D eigenvalue weighted by molar-refractivity contribution is 5.73. The van der Waals surface area contributed by atoms with Crippen LogP contribution in [0.1, 0.15) is 36.6 Å². The second-order valence-corrected chi connectivity index (χ2v) is 13.2. The molecule has 2 aliphatic heterocycles. The summed E-state index contributed by atoms with van der Waals surface area (Å²) in [6, 6.07) is 10.4. The zero-order valence-corrected chi connectivity index (χ0v) is 27.3. The van der Waals surface area contributed by atoms with Gasteiger partial charge in [0, 0.05) is 74.3 Å². The number of rotatable bonds is 7. The van der Waals surface area contributed by atoms with Gasteiger partial charge in [0.05, 0.1) is 37.7 Å². The van der Waals surface area contributed by atoms with E-state index in [1.54, 1.807) is 37.8 Å². The average Bonchev–Trinajstić information content (AvgIpc) is 3.46. The van der Waals surface area contributed by atoms with E-state index in [1.807, 2.05) is 35.0 Å². The Balaban J connectivity index is 1.08. The van der Waals surface area contributed by atoms with E-state index in [1.165, 1.54) is 20.4 Å². The Hall–Kier alpha value is -4.78. The maximum atomic E-state index is 13.8. The van der Waals surface area contributed by atoms with Crippen LogP contribution >= 0.6 is 0 Å². The molecule has 2 saturated heterocycles. The number of nitrogens with one attached hydrogen (secondary N) is 1. The maximum absolute atomic E-state index is 13.8. The van der Waals surface area contributed by atoms with Crippen LogP contribution in [0.5, 0.6) is 0 Å². The lowest BCUT2D eigenvalue weighted by molar-refractivity contribution is -0.0691. The first-order valence-electron chi connectivity index (χ1n) is 16.8. The molecule has 8 rings (SSSR count). The molecule has 1 unspecified atom stereocenters. The molecule has 248 valence electrons. The van der Waals surface area contributed by atoms with E-state index < -0.39 is 0 Å². The number of fused-ring (bicyclic) bond motifs is 3. The molecule has 12 nitrogen and oxygen atoms in total. The number of aliphatic hydroxyl groups is 1. The molecule has 0 saturated carbocycles. The van der Waals surface area contributed by atoms with Crippen molar-refractivity contribution in [3.05, 3.63) is 98.8 Å². The van der Waals surface area contributed by atoms with Crippen LogP contribution in [-0.2, 0) is 31.2 Å². The van der Waals surface area contributed by atoms with Gasteiger partial charge in [0.15, 0.2) is 0 Å². The molecule has 2 fully saturated rings. The monoisotopic (exact) mass is 648 g/mol. The van der Waals surface area contributed by atoms with Crippen LogP contribution in [0.3, 0.4) is 0 Å². The summed E-state index contributed by atoms with van der Waals surface area (Å²) in [7, 11) is 1.69. The SMILES string of the molecule is CC1CN(C2COC2)CCN1c1ccc(Nc2cc(-c3ccnc(-n4ccn5c6c(cc5c4=O)CCCC6)c3CO)cn(C)c2=O)nc1. The van der Waals surface area contributed by atoms with Crippen LogP contribution in [0.4, 0.5) is 17.2 Å². The summed E-state index contributed by atoms with van der Waals surface area (Å²) < 4.78 is 10.4. The number of piperazine rings is 1. The number of aliphatic hydroxyl groups excluding tert-OH is 1. The van der Waals surface area contributed by atoms with Crippen LogP contribution in [0.25, 0.3) is 22.5 Å². The molecule has 0 aromatic carbocycles. The molecule has 5 aromatic heterocycles. The number of pyridine rings is 3. The summed E-state index contributed by atoms with van der Waals surface area (Å²) in [5.41, 5.74) is 5.88. The molecular formula is C36H40N8O4. The smallest absolute Gasteiger partial charge is 0.280 e. The van der Waals surface area contributed by atoms with Gasteiger partial charge in [-0.2, -0.15) is 0 Å². The summed E-state index contributed by atoms with van der Waals surface area (Å²) in [6.45, 7) is 6.44. The summed E-state index contributed by atoms with van der Waals surface area (Å²) in [4.78, 5) is 41.1. The fourth-order valence-corrected chi connectivity index (χ4v) is 7.52. The topological polar surface area (TPSA) is 122 Å². The Morgan fingerprint density at radius 2 is 1.88 bits per heavy atom. The minimum atomic E-state index is -0.344. The number of hydrogen-bond donors (Lipinski definition) is 2. The first-order valence-corrected chi connectivity index (χ1v) is 16.8. The quantitative estimate of drug-likeness (QED) is 0.274. The number of anilines is 3. The fourth-order valence-electron chi connectivity index (χ4n) is 7.52. The van der Waals surface area contributed by atoms with Gasteiger partial charge in [-0.25, -0.2) is 9.97 Å². The van der Waals surface area contributed by atoms with Crippen molar-refractivity contribution in [3.63, 3.8) is 0 Å². The lowest BCUT2D eigenvalue weighted by Crippen LogP contribution is -2.59. The van der Waals surface area contributed by atoms with E-state index in [9.17, 15) is 14.7 Å². The van der Waals surface area contributed by atoms with Gasteiger partial charge in [0.25, 0.3) is 11.1 Å². The standard InChI is InChI=1S/C36H40N8O4/c1-23-18-41(27-21-48-22-27)11-12-42(23)26-7-8-33(38-17-26)39-30-15-25(19-40(2)35(30)46)28-9-10-37-34(29(28)20-45)44-14-13-43-31-6-4-3-5-24(31)16-32(43)36(44)47/h7-10,13-17,19,23,27,45H,3-6,11-12,18,20-22H2,1-2H3,(H,38,39). The maximum Gasteiger partial charge on any atom is 0.280 e. The first-order chi connectivity index (χ1) is 23.4. The molecule has 0 amide bonds. The van der Waals surface area contributed by atoms with E-state index in [2.05, 4.69) is 32.0 Å². The number of aromatic nitrogens is 5. The van der Waals surface area contributed by atoms with Crippen molar-refractivity contribution in [1.82, 2.24) is 28.4 Å². The van der Waals surface area contributed by atoms with E-state index in [4.69, 9.17) is 4.74 Å². The minimum Gasteiger partial charge on any atom is -0.392 e. The van der Waals surface area contributed by atoms with Gasteiger partial charge in [-0.05, 0) is 74.1 Å². The summed E-state index contributed by atoms with van der Waals surface area (Å²) in [6.07, 6.45) is 13.0. The van der Waals surface area contributed by atoms with Gasteiger partial charge in [-0.3, -0.25) is 19.1 Å². The van der Waals surface area contributed by atoms with Crippen LogP contribution in [0, 0.1) is 0 Å². The zero-order chi connectivity index (χ0) is 32.9. The van der Waals surface area contributed by atoms with Gasteiger partial charge >= 0.3 is 0 Å². The summed E-state index contributed by atoms with van der Waals surface area (Å²) in [5.74, 6) is 0.914. The van der Waals surface area contributed by atoms with Gasteiger partial charge in [-0.1, -0.05) is 0 Å². The Bertz CT molecular complexity index is 2110. The lowest BCUT2D eigenvalue weighted by Gasteiger charge is -2.46. The van der Waals surface area contributed by atoms with E-state index in [-0.39, 0.29) is 17.7 Å². The number of ether oxygens (including phenoxy) is 1. The third kappa shape index (κ3) is 5.29. The van der Waals surface area contributed by atoms with Gasteiger partial charge in [0.1, 0.15) is 22.8 Å². The first kappa shape index (κ1) is 30.5. The van der Waals surface area contributed by atoms with Crippen molar-refractivity contribution in [2.45, 2.75) is 51.3 Å². The van der Waals surface area contributed by atoms with Crippen molar-refractivity contribution in [2.24, 2.45) is 7.05 Å². The van der Waals surface area contributed by atoms with Crippen molar-refractivity contribution in [3.8, 4) is 16.9 Å². The van der Waals surface area contributed by atoms with Crippen molar-refractivity contribution in [1.29, 1.82) is 0 Å². The molecule has 0 radical (unpaired) electrons. The van der Waals surface area contributed by atoms with Crippen LogP contribution in [-0.4, -0.2) is 78.4 Å². The van der Waals surface area contributed by atoms with Crippen LogP contribution in [0.2, 0.25) is 0 Å². The third-order valence-corrected chi connectivity index (χ3v) is 10.2. The van der Waals surface area contributed by atoms with Crippen LogP contribution < -0.4 is 21.3 Å². The number of hydrogen-bond acceptors (Lipinski definition) is 9. The normalized spacial score (nSPS) is 18.6. The molecular weight excluding hydrogens is 608 g/mol. The summed E-state index contributed by atoms with van der Waals surface area (Å²) in [5, 5.41) is 13.8. The van der Waals surface area contributed by atoms with E-state index in [0.717, 1.165) is 64.2 Å². The van der Waals surface area contributed by atoms with E-state index in [0.29, 0.717) is 51.6 Å². The number of aryl methyl sites for hydroxylation is 3. The largest absolute Gasteiger partial charge is 0.392 e. The highest BCUT2D eigenvalue weighted by Gasteiger charge is 2.32. The van der Waals surface area contributed by atoms with Gasteiger partial charge in [-0.15, -0.1) is 0 Å². The fraction of sp³-hybridized carbons (Fsp3) is 0.389. The Morgan fingerprint density at radius 1 is 1.02 bits per heavy atom.